The summed E-state index contributed by atoms with van der Waals surface area (Å²) in [5, 5.41) is 23.0. The molecular weight excluding hydrogens is 468 g/mol. The lowest BCUT2D eigenvalue weighted by Crippen LogP contribution is -2.17. The number of benzene rings is 2. The molecule has 0 unspecified atom stereocenters. The number of aromatic nitrogens is 1. The maximum Gasteiger partial charge on any atom is 0.353 e. The number of rotatable bonds is 17. The predicted molar refractivity (Wildman–Crippen MR) is 147 cm³/mol. The van der Waals surface area contributed by atoms with Crippen molar-refractivity contribution >= 4 is 34.3 Å². The van der Waals surface area contributed by atoms with E-state index in [2.05, 4.69) is 12.2 Å². The van der Waals surface area contributed by atoms with Crippen molar-refractivity contribution in [2.45, 2.75) is 77.7 Å². The lowest BCUT2D eigenvalue weighted by molar-refractivity contribution is 0.0676. The number of carbonyl (C=O) groups is 3. The Labute approximate surface area is 218 Å². The van der Waals surface area contributed by atoms with Crippen LogP contribution in [0.15, 0.2) is 48.5 Å². The molecule has 7 heteroatoms. The Morgan fingerprint density at radius 2 is 1.41 bits per heavy atom. The minimum absolute atomic E-state index is 0.0325. The van der Waals surface area contributed by atoms with Gasteiger partial charge in [0.15, 0.2) is 5.78 Å². The van der Waals surface area contributed by atoms with Gasteiger partial charge in [0.1, 0.15) is 5.69 Å². The number of carboxylic acid groups (broad SMARTS) is 2. The average molecular weight is 507 g/mol. The number of carbonyl (C=O) groups excluding carboxylic acids is 1. The number of carboxylic acids is 2. The van der Waals surface area contributed by atoms with Gasteiger partial charge in [-0.2, -0.15) is 0 Å². The third kappa shape index (κ3) is 7.68. The molecule has 0 bridgehead atoms. The van der Waals surface area contributed by atoms with E-state index in [9.17, 15) is 19.5 Å². The van der Waals surface area contributed by atoms with Gasteiger partial charge in [-0.25, -0.2) is 9.59 Å². The summed E-state index contributed by atoms with van der Waals surface area (Å²) in [4.78, 5) is 36.6. The third-order valence-corrected chi connectivity index (χ3v) is 6.76. The summed E-state index contributed by atoms with van der Waals surface area (Å²) >= 11 is 0. The Hall–Kier alpha value is -3.61. The van der Waals surface area contributed by atoms with E-state index in [0.717, 1.165) is 30.5 Å². The molecular formula is C30H38N2O5. The van der Waals surface area contributed by atoms with Crippen molar-refractivity contribution < 1.29 is 24.6 Å². The van der Waals surface area contributed by atoms with Gasteiger partial charge in [0.2, 0.25) is 0 Å². The molecule has 37 heavy (non-hydrogen) atoms. The van der Waals surface area contributed by atoms with E-state index in [1.54, 1.807) is 16.7 Å². The maximum absolute atomic E-state index is 13.2. The molecule has 1 aromatic heterocycles. The van der Waals surface area contributed by atoms with Crippen LogP contribution in [0.25, 0.3) is 10.9 Å². The number of nitrogens with one attached hydrogen (secondary N) is 1. The summed E-state index contributed by atoms with van der Waals surface area (Å²) in [7, 11) is 0. The lowest BCUT2D eigenvalue weighted by atomic mass is 10.0. The van der Waals surface area contributed by atoms with Crippen LogP contribution in [-0.2, 0) is 6.54 Å². The summed E-state index contributed by atoms with van der Waals surface area (Å²) in [6.45, 7) is 2.97. The first kappa shape index (κ1) is 28.0. The number of hydrogen-bond donors (Lipinski definition) is 3. The van der Waals surface area contributed by atoms with Gasteiger partial charge < -0.3 is 20.1 Å². The minimum Gasteiger partial charge on any atom is -0.478 e. The van der Waals surface area contributed by atoms with Gasteiger partial charge in [0, 0.05) is 36.1 Å². The number of Topliss-reactive ketones (excluding diaryl/α,β-unsaturated/α-hetero) is 1. The quantitative estimate of drug-likeness (QED) is 0.131. The topological polar surface area (TPSA) is 109 Å². The standard InChI is InChI=1S/C30H38N2O5/c1-2-3-4-5-6-7-8-9-10-15-26(33)27-24-13-11-12-14-25(24)32(28(27)30(36)37)21-20-31-23-18-16-22(17-19-23)29(34)35/h11-14,16-19,31H,2-10,15,20-21H2,1H3,(H,34,35)(H,36,37). The SMILES string of the molecule is CCCCCCCCCCCC(=O)c1c(C(=O)O)n(CCNc2ccc(C(=O)O)cc2)c2ccccc12. The number of anilines is 1. The van der Waals surface area contributed by atoms with Crippen molar-refractivity contribution in [3.8, 4) is 0 Å². The van der Waals surface area contributed by atoms with Gasteiger partial charge in [-0.15, -0.1) is 0 Å². The highest BCUT2D eigenvalue weighted by atomic mass is 16.4. The minimum atomic E-state index is -1.11. The fourth-order valence-electron chi connectivity index (χ4n) is 4.80. The second kappa shape index (κ2) is 14.2. The zero-order valence-corrected chi connectivity index (χ0v) is 21.7. The van der Waals surface area contributed by atoms with Gasteiger partial charge in [0.25, 0.3) is 0 Å². The van der Waals surface area contributed by atoms with Crippen molar-refractivity contribution in [2.75, 3.05) is 11.9 Å². The Kier molecular flexibility index (Phi) is 10.7. The molecule has 198 valence electrons. The largest absolute Gasteiger partial charge is 0.478 e. The van der Waals surface area contributed by atoms with Crippen LogP contribution in [0.5, 0.6) is 0 Å². The molecule has 0 aliphatic rings. The summed E-state index contributed by atoms with van der Waals surface area (Å²) in [6, 6.07) is 13.7. The number of aromatic carboxylic acids is 2. The smallest absolute Gasteiger partial charge is 0.353 e. The number of ketones is 1. The fourth-order valence-corrected chi connectivity index (χ4v) is 4.80. The summed E-state index contributed by atoms with van der Waals surface area (Å²) in [6.07, 6.45) is 10.7. The molecule has 3 aromatic rings. The second-order valence-electron chi connectivity index (χ2n) is 9.51. The van der Waals surface area contributed by atoms with Crippen molar-refractivity contribution in [3.63, 3.8) is 0 Å². The molecule has 3 rings (SSSR count). The van der Waals surface area contributed by atoms with E-state index in [1.165, 1.54) is 50.7 Å². The van der Waals surface area contributed by atoms with Crippen LogP contribution >= 0.6 is 0 Å². The summed E-state index contributed by atoms with van der Waals surface area (Å²) in [5.41, 5.74) is 1.99. The van der Waals surface area contributed by atoms with E-state index in [4.69, 9.17) is 5.11 Å². The molecule has 0 aliphatic heterocycles. The number of fused-ring (bicyclic) bond motifs is 1. The van der Waals surface area contributed by atoms with E-state index in [1.807, 2.05) is 24.3 Å². The highest BCUT2D eigenvalue weighted by molar-refractivity contribution is 6.15. The molecule has 1 heterocycles. The predicted octanol–water partition coefficient (Wildman–Crippen LogP) is 7.25. The van der Waals surface area contributed by atoms with E-state index >= 15 is 0 Å². The molecule has 0 fully saturated rings. The van der Waals surface area contributed by atoms with Gasteiger partial charge in [-0.05, 0) is 36.8 Å². The first-order chi connectivity index (χ1) is 17.9. The summed E-state index contributed by atoms with van der Waals surface area (Å²) in [5.74, 6) is -2.22. The van der Waals surface area contributed by atoms with Gasteiger partial charge >= 0.3 is 11.9 Å². The zero-order valence-electron chi connectivity index (χ0n) is 21.7. The first-order valence-corrected chi connectivity index (χ1v) is 13.4. The molecule has 3 N–H and O–H groups in total. The fraction of sp³-hybridized carbons (Fsp3) is 0.433. The maximum atomic E-state index is 13.2. The monoisotopic (exact) mass is 506 g/mol. The average Bonchev–Trinajstić information content (AvgIpc) is 3.22. The van der Waals surface area contributed by atoms with Gasteiger partial charge in [-0.3, -0.25) is 4.79 Å². The Balaban J connectivity index is 1.65. The van der Waals surface area contributed by atoms with Crippen LogP contribution in [0.2, 0.25) is 0 Å². The van der Waals surface area contributed by atoms with Crippen LogP contribution in [0.4, 0.5) is 5.69 Å². The van der Waals surface area contributed by atoms with Gasteiger partial charge in [0.05, 0.1) is 11.1 Å². The van der Waals surface area contributed by atoms with Crippen LogP contribution in [0.1, 0.15) is 102 Å². The van der Waals surface area contributed by atoms with E-state index in [0.29, 0.717) is 30.5 Å². The highest BCUT2D eigenvalue weighted by Gasteiger charge is 2.26. The Morgan fingerprint density at radius 1 is 0.784 bits per heavy atom. The molecule has 7 nitrogen and oxygen atoms in total. The molecule has 0 aliphatic carbocycles. The number of nitrogens with zero attached hydrogens (tertiary/aromatic N) is 1. The van der Waals surface area contributed by atoms with Crippen molar-refractivity contribution in [1.29, 1.82) is 0 Å². The summed E-state index contributed by atoms with van der Waals surface area (Å²) < 4.78 is 1.69. The number of unbranched alkanes of at least 4 members (excludes halogenated alkanes) is 8. The van der Waals surface area contributed by atoms with E-state index < -0.39 is 11.9 Å². The Morgan fingerprint density at radius 3 is 2.03 bits per heavy atom. The number of hydrogen-bond acceptors (Lipinski definition) is 4. The first-order valence-electron chi connectivity index (χ1n) is 13.4. The van der Waals surface area contributed by atoms with Crippen molar-refractivity contribution in [1.82, 2.24) is 4.57 Å². The number of para-hydroxylation sites is 1. The highest BCUT2D eigenvalue weighted by Crippen LogP contribution is 2.28. The van der Waals surface area contributed by atoms with Crippen molar-refractivity contribution in [2.24, 2.45) is 0 Å². The van der Waals surface area contributed by atoms with Crippen LogP contribution in [0.3, 0.4) is 0 Å². The molecule has 0 atom stereocenters. The molecule has 2 aromatic carbocycles. The third-order valence-electron chi connectivity index (χ3n) is 6.76. The van der Waals surface area contributed by atoms with Crippen LogP contribution < -0.4 is 5.32 Å². The molecule has 0 saturated heterocycles. The molecule has 0 radical (unpaired) electrons. The molecule has 0 spiro atoms. The normalized spacial score (nSPS) is 11.1. The van der Waals surface area contributed by atoms with Crippen molar-refractivity contribution in [3.05, 3.63) is 65.4 Å². The Bertz CT molecular complexity index is 1200. The lowest BCUT2D eigenvalue weighted by Gasteiger charge is -2.11. The van der Waals surface area contributed by atoms with Gasteiger partial charge in [-0.1, -0.05) is 76.5 Å². The molecule has 0 amide bonds. The van der Waals surface area contributed by atoms with Crippen LogP contribution in [-0.4, -0.2) is 39.0 Å². The second-order valence-corrected chi connectivity index (χ2v) is 9.51. The zero-order chi connectivity index (χ0) is 26.6. The molecule has 0 saturated carbocycles. The van der Waals surface area contributed by atoms with E-state index in [-0.39, 0.29) is 17.0 Å². The van der Waals surface area contributed by atoms with Crippen LogP contribution in [0, 0.1) is 0 Å².